The molecule has 5 heteroatoms. The van der Waals surface area contributed by atoms with Gasteiger partial charge in [0, 0.05) is 7.05 Å². The summed E-state index contributed by atoms with van der Waals surface area (Å²) in [7, 11) is 1.69. The van der Waals surface area contributed by atoms with Crippen molar-refractivity contribution >= 4 is 38.7 Å². The number of fused-ring (bicyclic) bond motifs is 2. The molecule has 0 saturated heterocycles. The van der Waals surface area contributed by atoms with E-state index in [1.165, 1.54) is 22.5 Å². The van der Waals surface area contributed by atoms with Gasteiger partial charge >= 0.3 is 0 Å². The van der Waals surface area contributed by atoms with Crippen LogP contribution in [-0.2, 0) is 5.75 Å². The largest absolute Gasteiger partial charge is 0.379 e. The Hall–Kier alpha value is -2.01. The number of aliphatic imine (C=N–C) groups is 1. The average molecular weight is 270 g/mol. The average Bonchev–Trinajstić information content (AvgIpc) is 2.83. The number of aromatic nitrogens is 2. The summed E-state index contributed by atoms with van der Waals surface area (Å²) >= 11 is 1.48. The Morgan fingerprint density at radius 3 is 2.79 bits per heavy atom. The maximum absolute atomic E-state index is 5.67. The lowest BCUT2D eigenvalue weighted by Crippen LogP contribution is -2.06. The number of nitrogens with one attached hydrogen (secondary N) is 1. The van der Waals surface area contributed by atoms with E-state index in [9.17, 15) is 0 Å². The summed E-state index contributed by atoms with van der Waals surface area (Å²) in [5, 5.41) is 2.99. The van der Waals surface area contributed by atoms with Crippen molar-refractivity contribution in [2.75, 3.05) is 7.05 Å². The van der Waals surface area contributed by atoms with Crippen LogP contribution in [0.25, 0.3) is 21.8 Å². The van der Waals surface area contributed by atoms with Crippen molar-refractivity contribution < 1.29 is 0 Å². The molecule has 19 heavy (non-hydrogen) atoms. The van der Waals surface area contributed by atoms with Crippen molar-refractivity contribution in [3.05, 3.63) is 42.2 Å². The van der Waals surface area contributed by atoms with Gasteiger partial charge in [0.25, 0.3) is 0 Å². The number of hydrogen-bond acceptors (Lipinski definition) is 3. The Labute approximate surface area is 115 Å². The van der Waals surface area contributed by atoms with Crippen LogP contribution in [-0.4, -0.2) is 22.2 Å². The predicted molar refractivity (Wildman–Crippen MR) is 82.4 cm³/mol. The number of imidazole rings is 1. The molecule has 0 aliphatic carbocycles. The van der Waals surface area contributed by atoms with E-state index in [2.05, 4.69) is 39.2 Å². The fourth-order valence-electron chi connectivity index (χ4n) is 2.02. The standard InChI is InChI=1S/C14H14N4S/c1-16-14(15)19-8-13-17-11-6-9-4-2-3-5-10(9)7-12(11)18-13/h2-7H,8H2,1H3,(H2,15,16)(H,17,18). The molecule has 2 aromatic carbocycles. The molecule has 0 radical (unpaired) electrons. The number of H-pyrrole nitrogens is 1. The number of nitrogens with zero attached hydrogens (tertiary/aromatic N) is 2. The number of benzene rings is 2. The second-order valence-corrected chi connectivity index (χ2v) is 5.25. The maximum Gasteiger partial charge on any atom is 0.154 e. The molecule has 0 aliphatic heterocycles. The normalized spacial score (nSPS) is 12.4. The minimum Gasteiger partial charge on any atom is -0.379 e. The Morgan fingerprint density at radius 2 is 2.05 bits per heavy atom. The van der Waals surface area contributed by atoms with Crippen LogP contribution in [0.5, 0.6) is 0 Å². The van der Waals surface area contributed by atoms with E-state index >= 15 is 0 Å². The second-order valence-electron chi connectivity index (χ2n) is 4.25. The lowest BCUT2D eigenvalue weighted by atomic mass is 10.1. The van der Waals surface area contributed by atoms with E-state index in [0.29, 0.717) is 10.9 Å². The highest BCUT2D eigenvalue weighted by atomic mass is 32.2. The number of hydrogen-bond donors (Lipinski definition) is 2. The van der Waals surface area contributed by atoms with E-state index in [1.807, 2.05) is 12.1 Å². The first-order chi connectivity index (χ1) is 9.26. The molecule has 1 aromatic heterocycles. The highest BCUT2D eigenvalue weighted by molar-refractivity contribution is 8.13. The Bertz CT molecular complexity index is 708. The molecule has 0 fully saturated rings. The Balaban J connectivity index is 1.98. The smallest absolute Gasteiger partial charge is 0.154 e. The zero-order valence-corrected chi connectivity index (χ0v) is 11.4. The first kappa shape index (κ1) is 12.0. The van der Waals surface area contributed by atoms with Crippen molar-refractivity contribution in [3.8, 4) is 0 Å². The van der Waals surface area contributed by atoms with Crippen molar-refractivity contribution in [1.29, 1.82) is 0 Å². The van der Waals surface area contributed by atoms with E-state index in [0.717, 1.165) is 16.9 Å². The molecule has 96 valence electrons. The minimum absolute atomic E-state index is 0.575. The van der Waals surface area contributed by atoms with Gasteiger partial charge in [-0.25, -0.2) is 4.98 Å². The zero-order valence-electron chi connectivity index (χ0n) is 10.6. The maximum atomic E-state index is 5.67. The summed E-state index contributed by atoms with van der Waals surface area (Å²) in [5.41, 5.74) is 7.71. The van der Waals surface area contributed by atoms with Gasteiger partial charge in [-0.15, -0.1) is 0 Å². The predicted octanol–water partition coefficient (Wildman–Crippen LogP) is 2.89. The van der Waals surface area contributed by atoms with Crippen LogP contribution < -0.4 is 5.73 Å². The number of nitrogens with two attached hydrogens (primary N) is 1. The fraction of sp³-hybridized carbons (Fsp3) is 0.143. The van der Waals surface area contributed by atoms with Gasteiger partial charge in [-0.3, -0.25) is 4.99 Å². The van der Waals surface area contributed by atoms with Gasteiger partial charge in [-0.1, -0.05) is 36.0 Å². The molecule has 0 bridgehead atoms. The number of aromatic amines is 1. The number of amidine groups is 1. The summed E-state index contributed by atoms with van der Waals surface area (Å²) in [6, 6.07) is 12.5. The van der Waals surface area contributed by atoms with Crippen molar-refractivity contribution in [2.45, 2.75) is 5.75 Å². The van der Waals surface area contributed by atoms with Crippen LogP contribution >= 0.6 is 11.8 Å². The molecule has 3 rings (SSSR count). The van der Waals surface area contributed by atoms with E-state index in [1.54, 1.807) is 7.05 Å². The molecule has 4 nitrogen and oxygen atoms in total. The Morgan fingerprint density at radius 1 is 1.32 bits per heavy atom. The van der Waals surface area contributed by atoms with Gasteiger partial charge in [-0.05, 0) is 22.9 Å². The number of thioether (sulfide) groups is 1. The topological polar surface area (TPSA) is 67.1 Å². The third-order valence-electron chi connectivity index (χ3n) is 2.98. The number of rotatable bonds is 2. The molecule has 0 aliphatic rings. The van der Waals surface area contributed by atoms with Crippen LogP contribution in [0.4, 0.5) is 0 Å². The van der Waals surface area contributed by atoms with Crippen LogP contribution in [0.1, 0.15) is 5.82 Å². The highest BCUT2D eigenvalue weighted by Crippen LogP contribution is 2.22. The van der Waals surface area contributed by atoms with Crippen molar-refractivity contribution in [1.82, 2.24) is 9.97 Å². The molecule has 3 aromatic rings. The van der Waals surface area contributed by atoms with E-state index in [-0.39, 0.29) is 0 Å². The first-order valence-corrected chi connectivity index (χ1v) is 6.97. The van der Waals surface area contributed by atoms with Gasteiger partial charge in [0.1, 0.15) is 5.82 Å². The highest BCUT2D eigenvalue weighted by Gasteiger charge is 2.05. The lowest BCUT2D eigenvalue weighted by molar-refractivity contribution is 1.14. The van der Waals surface area contributed by atoms with Crippen LogP contribution in [0, 0.1) is 0 Å². The molecule has 0 amide bonds. The summed E-state index contributed by atoms with van der Waals surface area (Å²) in [5.74, 6) is 1.62. The summed E-state index contributed by atoms with van der Waals surface area (Å²) in [6.45, 7) is 0. The van der Waals surface area contributed by atoms with Gasteiger partial charge in [0.05, 0.1) is 16.8 Å². The zero-order chi connectivity index (χ0) is 13.2. The first-order valence-electron chi connectivity index (χ1n) is 5.99. The van der Waals surface area contributed by atoms with E-state index < -0.39 is 0 Å². The summed E-state index contributed by atoms with van der Waals surface area (Å²) in [4.78, 5) is 11.8. The quantitative estimate of drug-likeness (QED) is 0.556. The third kappa shape index (κ3) is 2.42. The van der Waals surface area contributed by atoms with Crippen LogP contribution in [0.2, 0.25) is 0 Å². The van der Waals surface area contributed by atoms with E-state index in [4.69, 9.17) is 5.73 Å². The molecule has 0 saturated carbocycles. The molecule has 3 N–H and O–H groups in total. The molecule has 0 spiro atoms. The minimum atomic E-state index is 0.575. The summed E-state index contributed by atoms with van der Waals surface area (Å²) < 4.78 is 0. The molecular weight excluding hydrogens is 256 g/mol. The van der Waals surface area contributed by atoms with Gasteiger partial charge in [0.15, 0.2) is 5.17 Å². The molecule has 0 atom stereocenters. The lowest BCUT2D eigenvalue weighted by Gasteiger charge is -1.96. The molecular formula is C14H14N4S. The van der Waals surface area contributed by atoms with Crippen LogP contribution in [0.3, 0.4) is 0 Å². The van der Waals surface area contributed by atoms with Crippen molar-refractivity contribution in [2.24, 2.45) is 10.7 Å². The SMILES string of the molecule is CN=C(N)SCc1nc2cc3ccccc3cc2[nH]1. The molecule has 1 heterocycles. The second kappa shape index (κ2) is 4.93. The third-order valence-corrected chi connectivity index (χ3v) is 3.87. The van der Waals surface area contributed by atoms with Gasteiger partial charge in [-0.2, -0.15) is 0 Å². The molecule has 0 unspecified atom stereocenters. The van der Waals surface area contributed by atoms with Crippen LogP contribution in [0.15, 0.2) is 41.4 Å². The monoisotopic (exact) mass is 270 g/mol. The van der Waals surface area contributed by atoms with Gasteiger partial charge in [0.2, 0.25) is 0 Å². The van der Waals surface area contributed by atoms with Gasteiger partial charge < -0.3 is 10.7 Å². The Kier molecular flexibility index (Phi) is 3.13. The fourth-order valence-corrected chi connectivity index (χ4v) is 2.58. The summed E-state index contributed by atoms with van der Waals surface area (Å²) in [6.07, 6.45) is 0. The van der Waals surface area contributed by atoms with Crippen molar-refractivity contribution in [3.63, 3.8) is 0 Å².